The number of aliphatic carboxylic acids is 1. The Bertz CT molecular complexity index is 284. The zero-order valence-corrected chi connectivity index (χ0v) is 11.0. The number of carbonyl (C=O) groups excluding carboxylic acids is 1. The van der Waals surface area contributed by atoms with E-state index in [-0.39, 0.29) is 6.42 Å². The van der Waals surface area contributed by atoms with Crippen LogP contribution in [0.2, 0.25) is 0 Å². The van der Waals surface area contributed by atoms with Crippen LogP contribution < -0.4 is 11.5 Å². The summed E-state index contributed by atoms with van der Waals surface area (Å²) in [5, 5.41) is 7.98. The minimum Gasteiger partial charge on any atom is -0.480 e. The molecule has 0 saturated heterocycles. The fourth-order valence-electron chi connectivity index (χ4n) is 1.32. The lowest BCUT2D eigenvalue weighted by Gasteiger charge is -2.37. The molecule has 0 aromatic rings. The van der Waals surface area contributed by atoms with Gasteiger partial charge in [0.05, 0.1) is 0 Å². The topological polar surface area (TPSA) is 106 Å². The molecule has 0 saturated carbocycles. The summed E-state index contributed by atoms with van der Waals surface area (Å²) in [4.78, 5) is 21.6. The molecule has 0 aliphatic rings. The zero-order chi connectivity index (χ0) is 13.1. The monoisotopic (exact) mass is 266 g/mol. The van der Waals surface area contributed by atoms with Crippen molar-refractivity contribution in [2.24, 2.45) is 16.9 Å². The average Bonchev–Trinajstić information content (AvgIpc) is 2.13. The second kappa shape index (κ2) is 5.79. The first-order chi connectivity index (χ1) is 7.10. The molecule has 16 heavy (non-hydrogen) atoms. The molecule has 0 radical (unpaired) electrons. The van der Waals surface area contributed by atoms with E-state index >= 15 is 0 Å². The third-order valence-corrected chi connectivity index (χ3v) is 4.35. The minimum atomic E-state index is -1.11. The van der Waals surface area contributed by atoms with Gasteiger partial charge in [0.2, 0.25) is 5.91 Å². The molecule has 1 amide bonds. The summed E-state index contributed by atoms with van der Waals surface area (Å²) in [6, 6.07) is -1.07. The summed E-state index contributed by atoms with van der Waals surface area (Å²) < 4.78 is 0. The van der Waals surface area contributed by atoms with E-state index in [1.54, 1.807) is 13.8 Å². The van der Waals surface area contributed by atoms with Gasteiger partial charge >= 0.3 is 5.97 Å². The Morgan fingerprint density at radius 1 is 1.38 bits per heavy atom. The average molecular weight is 266 g/mol. The van der Waals surface area contributed by atoms with Gasteiger partial charge in [0.15, 0.2) is 0 Å². The highest BCUT2D eigenvalue weighted by molar-refractivity contribution is 7.85. The maximum atomic E-state index is 10.8. The van der Waals surface area contributed by atoms with E-state index in [0.29, 0.717) is 0 Å². The normalized spacial score (nSPS) is 17.6. The maximum absolute atomic E-state index is 10.8. The number of hydrogen-bond acceptors (Lipinski definition) is 5. The van der Waals surface area contributed by atoms with Crippen LogP contribution >= 0.6 is 25.3 Å². The van der Waals surface area contributed by atoms with Gasteiger partial charge in [-0.2, -0.15) is 25.3 Å². The first kappa shape index (κ1) is 15.6. The number of carbonyl (C=O) groups is 2. The smallest absolute Gasteiger partial charge is 0.321 e. The molecule has 3 unspecified atom stereocenters. The van der Waals surface area contributed by atoms with Crippen molar-refractivity contribution in [2.75, 3.05) is 0 Å². The summed E-state index contributed by atoms with van der Waals surface area (Å²) in [6.45, 7) is 3.35. The minimum absolute atomic E-state index is 0.0348. The molecular weight excluding hydrogens is 248 g/mol. The molecule has 0 bridgehead atoms. The highest BCUT2D eigenvalue weighted by atomic mass is 32.1. The maximum Gasteiger partial charge on any atom is 0.321 e. The zero-order valence-electron chi connectivity index (χ0n) is 9.25. The quantitative estimate of drug-likeness (QED) is 0.433. The molecule has 3 atom stereocenters. The van der Waals surface area contributed by atoms with E-state index in [0.717, 1.165) is 0 Å². The van der Waals surface area contributed by atoms with Crippen LogP contribution in [0.5, 0.6) is 0 Å². The van der Waals surface area contributed by atoms with E-state index < -0.39 is 33.8 Å². The van der Waals surface area contributed by atoms with Gasteiger partial charge in [-0.3, -0.25) is 9.59 Å². The van der Waals surface area contributed by atoms with Crippen LogP contribution in [0.1, 0.15) is 20.3 Å². The number of hydrogen-bond donors (Lipinski definition) is 5. The Morgan fingerprint density at radius 3 is 2.12 bits per heavy atom. The molecule has 0 aliphatic heterocycles. The summed E-state index contributed by atoms with van der Waals surface area (Å²) in [6.07, 6.45) is 0.0348. The Balaban J connectivity index is 4.74. The highest BCUT2D eigenvalue weighted by Gasteiger charge is 2.40. The number of primary amides is 1. The van der Waals surface area contributed by atoms with Gasteiger partial charge in [0.1, 0.15) is 6.04 Å². The first-order valence-corrected chi connectivity index (χ1v) is 5.76. The standard InChI is InChI=1S/C9H18N2O3S2/c1-9(2,6(11)8(13)14)7(16)4(15)3-5(10)12/h4,6-7,15-16H,3,11H2,1-2H3,(H2,10,12)(H,13,14). The molecule has 94 valence electrons. The number of carboxylic acid groups (broad SMARTS) is 1. The molecule has 0 heterocycles. The SMILES string of the molecule is CC(C)(C(N)C(=O)O)C(S)C(S)CC(N)=O. The van der Waals surface area contributed by atoms with Gasteiger partial charge in [-0.15, -0.1) is 0 Å². The second-order valence-corrected chi connectivity index (χ2v) is 5.54. The summed E-state index contributed by atoms with van der Waals surface area (Å²) in [5.41, 5.74) is 9.81. The molecule has 0 aromatic heterocycles. The Kier molecular flexibility index (Phi) is 5.64. The fraction of sp³-hybridized carbons (Fsp3) is 0.778. The largest absolute Gasteiger partial charge is 0.480 e. The van der Waals surface area contributed by atoms with Crippen LogP contribution in [0.4, 0.5) is 0 Å². The number of thiol groups is 2. The summed E-state index contributed by atoms with van der Waals surface area (Å²) in [7, 11) is 0. The predicted molar refractivity (Wildman–Crippen MR) is 68.8 cm³/mol. The number of amides is 1. The third kappa shape index (κ3) is 3.88. The first-order valence-electron chi connectivity index (χ1n) is 4.73. The van der Waals surface area contributed by atoms with E-state index in [9.17, 15) is 9.59 Å². The van der Waals surface area contributed by atoms with Crippen molar-refractivity contribution in [3.63, 3.8) is 0 Å². The predicted octanol–water partition coefficient (Wildman–Crippen LogP) is -0.103. The van der Waals surface area contributed by atoms with Gasteiger partial charge in [-0.25, -0.2) is 0 Å². The van der Waals surface area contributed by atoms with Crippen LogP contribution in [0.3, 0.4) is 0 Å². The van der Waals surface area contributed by atoms with Gasteiger partial charge in [0, 0.05) is 22.3 Å². The summed E-state index contributed by atoms with van der Waals surface area (Å²) in [5.74, 6) is -1.61. The van der Waals surface area contributed by atoms with Gasteiger partial charge in [0.25, 0.3) is 0 Å². The Labute approximate surface area is 106 Å². The molecule has 0 fully saturated rings. The van der Waals surface area contributed by atoms with Crippen molar-refractivity contribution >= 4 is 37.1 Å². The Morgan fingerprint density at radius 2 is 1.81 bits per heavy atom. The van der Waals surface area contributed by atoms with Crippen molar-refractivity contribution in [1.82, 2.24) is 0 Å². The fourth-order valence-corrected chi connectivity index (χ4v) is 2.15. The molecule has 5 N–H and O–H groups in total. The van der Waals surface area contributed by atoms with Crippen molar-refractivity contribution in [2.45, 2.75) is 36.8 Å². The third-order valence-electron chi connectivity index (χ3n) is 2.60. The van der Waals surface area contributed by atoms with Crippen molar-refractivity contribution < 1.29 is 14.7 Å². The van der Waals surface area contributed by atoms with Gasteiger partial charge in [-0.05, 0) is 0 Å². The summed E-state index contributed by atoms with van der Waals surface area (Å²) >= 11 is 8.48. The molecule has 0 rings (SSSR count). The van der Waals surface area contributed by atoms with Crippen molar-refractivity contribution in [3.05, 3.63) is 0 Å². The second-order valence-electron chi connectivity index (χ2n) is 4.32. The Hall–Kier alpha value is -0.400. The van der Waals surface area contributed by atoms with E-state index in [2.05, 4.69) is 25.3 Å². The van der Waals surface area contributed by atoms with Crippen molar-refractivity contribution in [1.29, 1.82) is 0 Å². The molecule has 5 nitrogen and oxygen atoms in total. The lowest BCUT2D eigenvalue weighted by Crippen LogP contribution is -2.51. The van der Waals surface area contributed by atoms with Crippen LogP contribution in [0.15, 0.2) is 0 Å². The van der Waals surface area contributed by atoms with Gasteiger partial charge in [-0.1, -0.05) is 13.8 Å². The van der Waals surface area contributed by atoms with Crippen LogP contribution in [0.25, 0.3) is 0 Å². The van der Waals surface area contributed by atoms with Crippen molar-refractivity contribution in [3.8, 4) is 0 Å². The molecule has 7 heteroatoms. The lowest BCUT2D eigenvalue weighted by molar-refractivity contribution is -0.141. The number of carboxylic acids is 1. The molecule has 0 spiro atoms. The van der Waals surface area contributed by atoms with Crippen LogP contribution in [-0.4, -0.2) is 33.5 Å². The highest BCUT2D eigenvalue weighted by Crippen LogP contribution is 2.33. The van der Waals surface area contributed by atoms with Crippen LogP contribution in [-0.2, 0) is 9.59 Å². The number of nitrogens with two attached hydrogens (primary N) is 2. The molecule has 0 aromatic carbocycles. The van der Waals surface area contributed by atoms with E-state index in [1.807, 2.05) is 0 Å². The van der Waals surface area contributed by atoms with E-state index in [1.165, 1.54) is 0 Å². The molecular formula is C9H18N2O3S2. The number of rotatable bonds is 6. The van der Waals surface area contributed by atoms with E-state index in [4.69, 9.17) is 16.6 Å². The molecule has 0 aliphatic carbocycles. The lowest BCUT2D eigenvalue weighted by atomic mass is 9.79. The van der Waals surface area contributed by atoms with Crippen LogP contribution in [0, 0.1) is 5.41 Å². The van der Waals surface area contributed by atoms with Gasteiger partial charge < -0.3 is 16.6 Å².